The predicted octanol–water partition coefficient (Wildman–Crippen LogP) is 1.80. The van der Waals surface area contributed by atoms with Crippen molar-refractivity contribution in [1.29, 1.82) is 0 Å². The first kappa shape index (κ1) is 19.5. The van der Waals surface area contributed by atoms with Gasteiger partial charge in [0.05, 0.1) is 5.75 Å². The molecule has 2 fully saturated rings. The van der Waals surface area contributed by atoms with Crippen molar-refractivity contribution in [3.8, 4) is 0 Å². The van der Waals surface area contributed by atoms with E-state index in [9.17, 15) is 13.2 Å². The SMILES string of the molecule is CS(=O)(=O)CC1CCC(NC(=O)NC(CN)C2CCCCC2)CC1. The lowest BCUT2D eigenvalue weighted by molar-refractivity contribution is 0.212. The van der Waals surface area contributed by atoms with E-state index in [1.165, 1.54) is 25.5 Å². The lowest BCUT2D eigenvalue weighted by atomic mass is 9.84. The predicted molar refractivity (Wildman–Crippen MR) is 96.5 cm³/mol. The summed E-state index contributed by atoms with van der Waals surface area (Å²) in [5.74, 6) is 1.00. The Morgan fingerprint density at radius 2 is 1.71 bits per heavy atom. The van der Waals surface area contributed by atoms with Crippen molar-refractivity contribution in [2.24, 2.45) is 17.6 Å². The van der Waals surface area contributed by atoms with Gasteiger partial charge in [-0.25, -0.2) is 13.2 Å². The van der Waals surface area contributed by atoms with Crippen LogP contribution in [0.5, 0.6) is 0 Å². The molecule has 4 N–H and O–H groups in total. The fraction of sp³-hybridized carbons (Fsp3) is 0.941. The molecule has 0 bridgehead atoms. The molecule has 0 saturated heterocycles. The molecule has 6 nitrogen and oxygen atoms in total. The molecule has 0 radical (unpaired) electrons. The van der Waals surface area contributed by atoms with E-state index in [0.29, 0.717) is 12.5 Å². The summed E-state index contributed by atoms with van der Waals surface area (Å²) >= 11 is 0. The van der Waals surface area contributed by atoms with Crippen molar-refractivity contribution >= 4 is 15.9 Å². The standard InChI is InChI=1S/C17H33N3O3S/c1-24(22,23)12-13-7-9-15(10-8-13)19-17(21)20-16(11-18)14-5-3-2-4-6-14/h13-16H,2-12,18H2,1H3,(H2,19,20,21). The minimum absolute atomic E-state index is 0.0619. The quantitative estimate of drug-likeness (QED) is 0.673. The molecule has 7 heteroatoms. The van der Waals surface area contributed by atoms with Gasteiger partial charge in [-0.3, -0.25) is 0 Å². The summed E-state index contributed by atoms with van der Waals surface area (Å²) in [7, 11) is -2.91. The van der Waals surface area contributed by atoms with Crippen molar-refractivity contribution in [2.75, 3.05) is 18.6 Å². The van der Waals surface area contributed by atoms with E-state index in [1.54, 1.807) is 0 Å². The second-order valence-corrected chi connectivity index (χ2v) is 9.85. The molecular weight excluding hydrogens is 326 g/mol. The third-order valence-corrected chi connectivity index (χ3v) is 6.59. The van der Waals surface area contributed by atoms with Crippen molar-refractivity contribution in [2.45, 2.75) is 69.9 Å². The maximum absolute atomic E-state index is 12.3. The van der Waals surface area contributed by atoms with E-state index in [2.05, 4.69) is 10.6 Å². The molecule has 2 saturated carbocycles. The molecule has 2 rings (SSSR count). The lowest BCUT2D eigenvalue weighted by Crippen LogP contribution is -2.52. The van der Waals surface area contributed by atoms with E-state index in [1.807, 2.05) is 0 Å². The maximum atomic E-state index is 12.3. The van der Waals surface area contributed by atoms with Gasteiger partial charge in [-0.05, 0) is 50.4 Å². The summed E-state index contributed by atoms with van der Waals surface area (Å²) in [6, 6.07) is 0.0834. The van der Waals surface area contributed by atoms with Crippen molar-refractivity contribution in [3.63, 3.8) is 0 Å². The van der Waals surface area contributed by atoms with E-state index in [0.717, 1.165) is 38.5 Å². The molecule has 2 aliphatic rings. The van der Waals surface area contributed by atoms with Crippen molar-refractivity contribution in [3.05, 3.63) is 0 Å². The number of amides is 2. The number of carbonyl (C=O) groups excluding carboxylic acids is 1. The first-order valence-electron chi connectivity index (χ1n) is 9.32. The molecule has 0 aromatic carbocycles. The Labute approximate surface area is 146 Å². The number of urea groups is 1. The third kappa shape index (κ3) is 6.59. The van der Waals surface area contributed by atoms with Crippen LogP contribution in [0.1, 0.15) is 57.8 Å². The highest BCUT2D eigenvalue weighted by molar-refractivity contribution is 7.90. The number of hydrogen-bond acceptors (Lipinski definition) is 4. The number of hydrogen-bond donors (Lipinski definition) is 3. The molecular formula is C17H33N3O3S. The highest BCUT2D eigenvalue weighted by atomic mass is 32.2. The fourth-order valence-corrected chi connectivity index (χ4v) is 5.39. The maximum Gasteiger partial charge on any atom is 0.315 e. The van der Waals surface area contributed by atoms with Crippen LogP contribution in [-0.2, 0) is 9.84 Å². The number of sulfone groups is 1. The van der Waals surface area contributed by atoms with Gasteiger partial charge in [0.25, 0.3) is 0 Å². The second-order valence-electron chi connectivity index (χ2n) is 7.67. The van der Waals surface area contributed by atoms with Crippen LogP contribution in [0.4, 0.5) is 4.79 Å². The molecule has 140 valence electrons. The van der Waals surface area contributed by atoms with E-state index >= 15 is 0 Å². The summed E-state index contributed by atoms with van der Waals surface area (Å²) in [6.07, 6.45) is 10.8. The van der Waals surface area contributed by atoms with Crippen molar-refractivity contribution in [1.82, 2.24) is 10.6 Å². The van der Waals surface area contributed by atoms with Gasteiger partial charge in [0.2, 0.25) is 0 Å². The fourth-order valence-electron chi connectivity index (χ4n) is 4.20. The van der Waals surface area contributed by atoms with Gasteiger partial charge >= 0.3 is 6.03 Å². The van der Waals surface area contributed by atoms with Gasteiger partial charge < -0.3 is 16.4 Å². The Kier molecular flexibility index (Phi) is 7.34. The highest BCUT2D eigenvalue weighted by Crippen LogP contribution is 2.27. The minimum Gasteiger partial charge on any atom is -0.335 e. The first-order chi connectivity index (χ1) is 11.4. The number of rotatable bonds is 6. The Bertz CT molecular complexity index is 495. The average Bonchev–Trinajstić information content (AvgIpc) is 2.54. The molecule has 0 aromatic rings. The summed E-state index contributed by atoms with van der Waals surface area (Å²) in [6.45, 7) is 0.485. The largest absolute Gasteiger partial charge is 0.335 e. The molecule has 0 aliphatic heterocycles. The molecule has 1 unspecified atom stereocenters. The molecule has 24 heavy (non-hydrogen) atoms. The Morgan fingerprint density at radius 3 is 2.25 bits per heavy atom. The van der Waals surface area contributed by atoms with E-state index < -0.39 is 9.84 Å². The normalized spacial score (nSPS) is 27.4. The smallest absolute Gasteiger partial charge is 0.315 e. The Balaban J connectivity index is 1.72. The van der Waals surface area contributed by atoms with Crippen molar-refractivity contribution < 1.29 is 13.2 Å². The van der Waals surface area contributed by atoms with Gasteiger partial charge in [-0.2, -0.15) is 0 Å². The van der Waals surface area contributed by atoms with Crippen LogP contribution in [0.3, 0.4) is 0 Å². The van der Waals surface area contributed by atoms with E-state index in [-0.39, 0.29) is 29.8 Å². The van der Waals surface area contributed by atoms with Crippen LogP contribution in [0.15, 0.2) is 0 Å². The zero-order chi connectivity index (χ0) is 17.6. The van der Waals surface area contributed by atoms with Gasteiger partial charge in [0.1, 0.15) is 9.84 Å². The van der Waals surface area contributed by atoms with E-state index in [4.69, 9.17) is 5.73 Å². The van der Waals surface area contributed by atoms with Crippen LogP contribution in [0, 0.1) is 11.8 Å². The monoisotopic (exact) mass is 359 g/mol. The number of nitrogens with two attached hydrogens (primary N) is 1. The zero-order valence-electron chi connectivity index (χ0n) is 14.8. The van der Waals surface area contributed by atoms with Crippen LogP contribution in [-0.4, -0.2) is 45.1 Å². The van der Waals surface area contributed by atoms with Crippen LogP contribution in [0.2, 0.25) is 0 Å². The Morgan fingerprint density at radius 1 is 1.08 bits per heavy atom. The van der Waals surface area contributed by atoms with Gasteiger partial charge in [0.15, 0.2) is 0 Å². The second kappa shape index (κ2) is 9.04. The zero-order valence-corrected chi connectivity index (χ0v) is 15.6. The van der Waals surface area contributed by atoms with Gasteiger partial charge in [-0.15, -0.1) is 0 Å². The lowest BCUT2D eigenvalue weighted by Gasteiger charge is -2.32. The minimum atomic E-state index is -2.91. The highest BCUT2D eigenvalue weighted by Gasteiger charge is 2.27. The summed E-state index contributed by atoms with van der Waals surface area (Å²) in [5.41, 5.74) is 5.86. The molecule has 0 spiro atoms. The topological polar surface area (TPSA) is 101 Å². The average molecular weight is 360 g/mol. The number of carbonyl (C=O) groups is 1. The molecule has 2 amide bonds. The third-order valence-electron chi connectivity index (χ3n) is 5.51. The molecule has 2 aliphatic carbocycles. The van der Waals surface area contributed by atoms with Crippen LogP contribution < -0.4 is 16.4 Å². The van der Waals surface area contributed by atoms with Crippen LogP contribution in [0.25, 0.3) is 0 Å². The molecule has 0 heterocycles. The molecule has 0 aromatic heterocycles. The molecule has 1 atom stereocenters. The van der Waals surface area contributed by atoms with Gasteiger partial charge in [0, 0.05) is 24.9 Å². The summed E-state index contributed by atoms with van der Waals surface area (Å²) < 4.78 is 22.7. The summed E-state index contributed by atoms with van der Waals surface area (Å²) in [4.78, 5) is 12.3. The van der Waals surface area contributed by atoms with Crippen LogP contribution >= 0.6 is 0 Å². The number of nitrogens with one attached hydrogen (secondary N) is 2. The Hall–Kier alpha value is -0.820. The first-order valence-corrected chi connectivity index (χ1v) is 11.4. The van der Waals surface area contributed by atoms with Gasteiger partial charge in [-0.1, -0.05) is 19.3 Å². The summed E-state index contributed by atoms with van der Waals surface area (Å²) in [5, 5.41) is 6.11.